The molecule has 1 unspecified atom stereocenters. The molecule has 2 N–H and O–H groups in total. The van der Waals surface area contributed by atoms with Gasteiger partial charge in [0.05, 0.1) is 0 Å². The van der Waals surface area contributed by atoms with Gasteiger partial charge in [0, 0.05) is 6.54 Å². The largest absolute Gasteiger partial charge is 0.479 e. The first-order valence-corrected chi connectivity index (χ1v) is 5.30. The lowest BCUT2D eigenvalue weighted by Gasteiger charge is -2.13. The maximum absolute atomic E-state index is 10.8. The third-order valence-corrected chi connectivity index (χ3v) is 2.20. The van der Waals surface area contributed by atoms with E-state index >= 15 is 0 Å². The highest BCUT2D eigenvalue weighted by molar-refractivity contribution is 5.72. The van der Waals surface area contributed by atoms with E-state index in [1.807, 2.05) is 25.2 Å². The van der Waals surface area contributed by atoms with Crippen LogP contribution in [0.3, 0.4) is 0 Å². The molecule has 0 aromatic heterocycles. The van der Waals surface area contributed by atoms with Crippen LogP contribution in [0, 0.1) is 0 Å². The molecule has 0 heterocycles. The predicted molar refractivity (Wildman–Crippen MR) is 61.5 cm³/mol. The Morgan fingerprint density at radius 1 is 1.56 bits per heavy atom. The van der Waals surface area contributed by atoms with Gasteiger partial charge in [0.2, 0.25) is 0 Å². The number of carbonyl (C=O) groups is 1. The summed E-state index contributed by atoms with van der Waals surface area (Å²) in [6, 6.07) is 7.44. The van der Waals surface area contributed by atoms with E-state index in [4.69, 9.17) is 9.84 Å². The lowest BCUT2D eigenvalue weighted by molar-refractivity contribution is -0.145. The van der Waals surface area contributed by atoms with Crippen LogP contribution in [0.1, 0.15) is 18.9 Å². The van der Waals surface area contributed by atoms with Gasteiger partial charge in [0.25, 0.3) is 0 Å². The van der Waals surface area contributed by atoms with Crippen molar-refractivity contribution in [2.45, 2.75) is 26.0 Å². The fraction of sp³-hybridized carbons (Fsp3) is 0.417. The van der Waals surface area contributed by atoms with Crippen molar-refractivity contribution in [2.75, 3.05) is 7.05 Å². The Balaban J connectivity index is 2.72. The highest BCUT2D eigenvalue weighted by Crippen LogP contribution is 2.16. The minimum absolute atomic E-state index is 0.450. The average molecular weight is 223 g/mol. The number of benzene rings is 1. The molecule has 16 heavy (non-hydrogen) atoms. The van der Waals surface area contributed by atoms with Gasteiger partial charge in [-0.3, -0.25) is 0 Å². The second-order valence-electron chi connectivity index (χ2n) is 3.53. The summed E-state index contributed by atoms with van der Waals surface area (Å²) >= 11 is 0. The number of nitrogens with one attached hydrogen (secondary N) is 1. The number of ether oxygens (including phenoxy) is 1. The van der Waals surface area contributed by atoms with E-state index in [-0.39, 0.29) is 0 Å². The van der Waals surface area contributed by atoms with Crippen molar-refractivity contribution in [3.63, 3.8) is 0 Å². The van der Waals surface area contributed by atoms with E-state index in [0.717, 1.165) is 12.1 Å². The Morgan fingerprint density at radius 3 is 2.88 bits per heavy atom. The topological polar surface area (TPSA) is 58.6 Å². The first-order valence-electron chi connectivity index (χ1n) is 5.30. The second kappa shape index (κ2) is 6.12. The number of carboxylic acids is 1. The van der Waals surface area contributed by atoms with Crippen molar-refractivity contribution >= 4 is 5.97 Å². The standard InChI is InChI=1S/C12H17NO3/c1-3-11(12(14)15)16-10-6-4-5-9(7-10)8-13-2/h4-7,11,13H,3,8H2,1-2H3,(H,14,15). The summed E-state index contributed by atoms with van der Waals surface area (Å²) in [5.41, 5.74) is 1.07. The van der Waals surface area contributed by atoms with Crippen molar-refractivity contribution in [1.82, 2.24) is 5.32 Å². The molecular weight excluding hydrogens is 206 g/mol. The molecule has 0 radical (unpaired) electrons. The summed E-state index contributed by atoms with van der Waals surface area (Å²) < 4.78 is 5.38. The van der Waals surface area contributed by atoms with Crippen LogP contribution in [0.5, 0.6) is 5.75 Å². The maximum atomic E-state index is 10.8. The Morgan fingerprint density at radius 2 is 2.31 bits per heavy atom. The molecule has 1 rings (SSSR count). The van der Waals surface area contributed by atoms with Gasteiger partial charge in [0.1, 0.15) is 5.75 Å². The zero-order valence-electron chi connectivity index (χ0n) is 9.56. The molecule has 1 aromatic rings. The zero-order valence-corrected chi connectivity index (χ0v) is 9.56. The van der Waals surface area contributed by atoms with E-state index in [1.165, 1.54) is 0 Å². The van der Waals surface area contributed by atoms with Crippen LogP contribution >= 0.6 is 0 Å². The Labute approximate surface area is 95.2 Å². The first kappa shape index (κ1) is 12.5. The normalized spacial score (nSPS) is 12.1. The molecule has 0 amide bonds. The Bertz CT molecular complexity index is 352. The predicted octanol–water partition coefficient (Wildman–Crippen LogP) is 1.65. The molecule has 0 aliphatic carbocycles. The van der Waals surface area contributed by atoms with E-state index < -0.39 is 12.1 Å². The summed E-state index contributed by atoms with van der Waals surface area (Å²) in [5, 5.41) is 11.9. The highest BCUT2D eigenvalue weighted by atomic mass is 16.5. The van der Waals surface area contributed by atoms with Gasteiger partial charge >= 0.3 is 5.97 Å². The minimum atomic E-state index is -0.929. The van der Waals surface area contributed by atoms with Crippen molar-refractivity contribution in [2.24, 2.45) is 0 Å². The molecule has 88 valence electrons. The molecule has 0 bridgehead atoms. The van der Waals surface area contributed by atoms with Crippen molar-refractivity contribution in [3.8, 4) is 5.75 Å². The first-order chi connectivity index (χ1) is 7.67. The highest BCUT2D eigenvalue weighted by Gasteiger charge is 2.16. The number of rotatable bonds is 6. The van der Waals surface area contributed by atoms with Gasteiger partial charge in [-0.1, -0.05) is 19.1 Å². The molecule has 4 nitrogen and oxygen atoms in total. The molecule has 1 atom stereocenters. The van der Waals surface area contributed by atoms with Gasteiger partial charge in [-0.2, -0.15) is 0 Å². The number of hydrogen-bond donors (Lipinski definition) is 2. The fourth-order valence-corrected chi connectivity index (χ4v) is 1.41. The lowest BCUT2D eigenvalue weighted by Crippen LogP contribution is -2.25. The third-order valence-electron chi connectivity index (χ3n) is 2.20. The van der Waals surface area contributed by atoms with Crippen LogP contribution in [0.15, 0.2) is 24.3 Å². The summed E-state index contributed by atoms with van der Waals surface area (Å²) in [6.07, 6.45) is -0.323. The molecule has 0 saturated carbocycles. The molecule has 0 fully saturated rings. The van der Waals surface area contributed by atoms with E-state index in [0.29, 0.717) is 12.2 Å². The molecule has 0 spiro atoms. The number of hydrogen-bond acceptors (Lipinski definition) is 3. The van der Waals surface area contributed by atoms with Crippen LogP contribution < -0.4 is 10.1 Å². The quantitative estimate of drug-likeness (QED) is 0.769. The van der Waals surface area contributed by atoms with E-state index in [1.54, 1.807) is 13.0 Å². The van der Waals surface area contributed by atoms with Crippen molar-refractivity contribution in [1.29, 1.82) is 0 Å². The molecule has 1 aromatic carbocycles. The second-order valence-corrected chi connectivity index (χ2v) is 3.53. The smallest absolute Gasteiger partial charge is 0.344 e. The van der Waals surface area contributed by atoms with Crippen LogP contribution in [0.2, 0.25) is 0 Å². The van der Waals surface area contributed by atoms with E-state index in [2.05, 4.69) is 5.32 Å². The van der Waals surface area contributed by atoms with Crippen molar-refractivity contribution in [3.05, 3.63) is 29.8 Å². The Kier molecular flexibility index (Phi) is 4.79. The molecule has 0 aliphatic rings. The molecule has 0 aliphatic heterocycles. The minimum Gasteiger partial charge on any atom is -0.479 e. The van der Waals surface area contributed by atoms with Crippen LogP contribution in [-0.2, 0) is 11.3 Å². The van der Waals surface area contributed by atoms with Crippen LogP contribution in [-0.4, -0.2) is 24.2 Å². The lowest BCUT2D eigenvalue weighted by atomic mass is 10.2. The zero-order chi connectivity index (χ0) is 12.0. The van der Waals surface area contributed by atoms with Gasteiger partial charge in [-0.05, 0) is 31.2 Å². The van der Waals surface area contributed by atoms with E-state index in [9.17, 15) is 4.79 Å². The fourth-order valence-electron chi connectivity index (χ4n) is 1.41. The monoisotopic (exact) mass is 223 g/mol. The van der Waals surface area contributed by atoms with Gasteiger partial charge in [-0.15, -0.1) is 0 Å². The van der Waals surface area contributed by atoms with Crippen molar-refractivity contribution < 1.29 is 14.6 Å². The number of aliphatic carboxylic acids is 1. The molecular formula is C12H17NO3. The average Bonchev–Trinajstić information content (AvgIpc) is 2.26. The SMILES string of the molecule is CCC(Oc1cccc(CNC)c1)C(=O)O. The Hall–Kier alpha value is -1.55. The van der Waals surface area contributed by atoms with Gasteiger partial charge in [-0.25, -0.2) is 4.79 Å². The van der Waals surface area contributed by atoms with Crippen LogP contribution in [0.25, 0.3) is 0 Å². The number of carboxylic acid groups (broad SMARTS) is 1. The summed E-state index contributed by atoms with van der Waals surface area (Å²) in [5.74, 6) is -0.330. The third kappa shape index (κ3) is 3.55. The molecule has 0 saturated heterocycles. The van der Waals surface area contributed by atoms with Crippen LogP contribution in [0.4, 0.5) is 0 Å². The summed E-state index contributed by atoms with van der Waals surface area (Å²) in [4.78, 5) is 10.8. The van der Waals surface area contributed by atoms with Gasteiger partial charge in [0.15, 0.2) is 6.10 Å². The summed E-state index contributed by atoms with van der Waals surface area (Å²) in [7, 11) is 1.86. The summed E-state index contributed by atoms with van der Waals surface area (Å²) in [6.45, 7) is 2.53. The van der Waals surface area contributed by atoms with Gasteiger partial charge < -0.3 is 15.2 Å². The molecule has 4 heteroatoms. The maximum Gasteiger partial charge on any atom is 0.344 e.